The van der Waals surface area contributed by atoms with Crippen LogP contribution in [0.5, 0.6) is 0 Å². The summed E-state index contributed by atoms with van der Waals surface area (Å²) in [7, 11) is 0. The molecule has 1 aliphatic carbocycles. The maximum absolute atomic E-state index is 4.96. The molecule has 104 valence electrons. The third-order valence-corrected chi connectivity index (χ3v) is 5.60. The fraction of sp³-hybridized carbons (Fsp3) is 0.167. The van der Waals surface area contributed by atoms with Crippen LogP contribution in [0.15, 0.2) is 53.0 Å². The van der Waals surface area contributed by atoms with Crippen molar-refractivity contribution in [1.29, 1.82) is 0 Å². The molecule has 0 amide bonds. The second-order valence-electron chi connectivity index (χ2n) is 5.31. The van der Waals surface area contributed by atoms with Gasteiger partial charge in [0.15, 0.2) is 0 Å². The molecule has 0 fully saturated rings. The van der Waals surface area contributed by atoms with E-state index in [2.05, 4.69) is 64.5 Å². The van der Waals surface area contributed by atoms with Crippen LogP contribution in [0.4, 0.5) is 0 Å². The van der Waals surface area contributed by atoms with Gasteiger partial charge >= 0.3 is 0 Å². The van der Waals surface area contributed by atoms with Crippen LogP contribution in [0.2, 0.25) is 0 Å². The Bertz CT molecular complexity index is 789. The van der Waals surface area contributed by atoms with Crippen molar-refractivity contribution in [3.63, 3.8) is 0 Å². The molecule has 3 aromatic rings. The maximum atomic E-state index is 4.96. The van der Waals surface area contributed by atoms with E-state index in [-0.39, 0.29) is 0 Å². The first-order valence-corrected chi connectivity index (χ1v) is 8.76. The van der Waals surface area contributed by atoms with Gasteiger partial charge in [-0.3, -0.25) is 0 Å². The van der Waals surface area contributed by atoms with Crippen LogP contribution in [-0.4, -0.2) is 4.98 Å². The third-order valence-electron chi connectivity index (χ3n) is 3.91. The highest BCUT2D eigenvalue weighted by atomic mass is 79.9. The predicted octanol–water partition coefficient (Wildman–Crippen LogP) is 5.73. The average molecular weight is 356 g/mol. The summed E-state index contributed by atoms with van der Waals surface area (Å²) >= 11 is 5.33. The van der Waals surface area contributed by atoms with Crippen molar-refractivity contribution in [3.05, 3.63) is 63.4 Å². The molecular formula is C18H14BrNS. The van der Waals surface area contributed by atoms with E-state index in [4.69, 9.17) is 4.98 Å². The molecule has 3 heteroatoms. The minimum atomic E-state index is 1.11. The van der Waals surface area contributed by atoms with E-state index in [1.807, 2.05) is 11.3 Å². The van der Waals surface area contributed by atoms with E-state index in [0.29, 0.717) is 0 Å². The van der Waals surface area contributed by atoms with Crippen LogP contribution >= 0.6 is 27.3 Å². The number of fused-ring (bicyclic) bond motifs is 3. The molecule has 1 heterocycles. The molecule has 0 aliphatic heterocycles. The zero-order chi connectivity index (χ0) is 14.2. The van der Waals surface area contributed by atoms with Crippen molar-refractivity contribution in [2.24, 2.45) is 0 Å². The summed E-state index contributed by atoms with van der Waals surface area (Å²) < 4.78 is 1.11. The summed E-state index contributed by atoms with van der Waals surface area (Å²) in [6, 6.07) is 17.1. The molecule has 2 aromatic carbocycles. The van der Waals surface area contributed by atoms with Crippen molar-refractivity contribution >= 4 is 27.3 Å². The molecule has 0 spiro atoms. The number of hydrogen-bond donors (Lipinski definition) is 0. The van der Waals surface area contributed by atoms with Crippen molar-refractivity contribution in [2.75, 3.05) is 0 Å². The predicted molar refractivity (Wildman–Crippen MR) is 92.7 cm³/mol. The minimum absolute atomic E-state index is 1.11. The van der Waals surface area contributed by atoms with Gasteiger partial charge in [-0.2, -0.15) is 0 Å². The van der Waals surface area contributed by atoms with Gasteiger partial charge in [0.05, 0.1) is 5.69 Å². The number of aryl methyl sites for hydroxylation is 2. The van der Waals surface area contributed by atoms with Gasteiger partial charge in [-0.15, -0.1) is 11.3 Å². The van der Waals surface area contributed by atoms with E-state index in [0.717, 1.165) is 22.3 Å². The van der Waals surface area contributed by atoms with Crippen LogP contribution in [0.1, 0.15) is 16.9 Å². The van der Waals surface area contributed by atoms with Crippen molar-refractivity contribution < 1.29 is 0 Å². The van der Waals surface area contributed by atoms with Gasteiger partial charge in [-0.25, -0.2) is 4.98 Å². The highest BCUT2D eigenvalue weighted by Gasteiger charge is 2.19. The van der Waals surface area contributed by atoms with Crippen LogP contribution in [0.3, 0.4) is 0 Å². The van der Waals surface area contributed by atoms with Gasteiger partial charge < -0.3 is 0 Å². The second-order valence-corrected chi connectivity index (χ2v) is 7.31. The van der Waals surface area contributed by atoms with Crippen LogP contribution in [0.25, 0.3) is 21.8 Å². The van der Waals surface area contributed by atoms with Gasteiger partial charge in [-0.05, 0) is 37.0 Å². The molecule has 0 bridgehead atoms. The number of nitrogens with zero attached hydrogens (tertiary/aromatic N) is 1. The largest absolute Gasteiger partial charge is 0.236 e. The normalized spacial score (nSPS) is 13.4. The van der Waals surface area contributed by atoms with E-state index < -0.39 is 0 Å². The van der Waals surface area contributed by atoms with Gasteiger partial charge in [0.25, 0.3) is 0 Å². The third kappa shape index (κ3) is 2.45. The summed E-state index contributed by atoms with van der Waals surface area (Å²) in [6.07, 6.45) is 3.51. The van der Waals surface area contributed by atoms with Crippen LogP contribution in [-0.2, 0) is 12.8 Å². The molecule has 0 saturated carbocycles. The van der Waals surface area contributed by atoms with Crippen molar-refractivity contribution in [2.45, 2.75) is 19.3 Å². The highest BCUT2D eigenvalue weighted by molar-refractivity contribution is 9.10. The van der Waals surface area contributed by atoms with Crippen LogP contribution < -0.4 is 0 Å². The first-order chi connectivity index (χ1) is 10.3. The Morgan fingerprint density at radius 2 is 1.76 bits per heavy atom. The van der Waals surface area contributed by atoms with E-state index >= 15 is 0 Å². The Kier molecular flexibility index (Phi) is 3.40. The summed E-state index contributed by atoms with van der Waals surface area (Å²) in [5.74, 6) is 0. The van der Waals surface area contributed by atoms with Crippen molar-refractivity contribution in [1.82, 2.24) is 4.98 Å². The monoisotopic (exact) mass is 355 g/mol. The molecule has 0 N–H and O–H groups in total. The number of hydrogen-bond acceptors (Lipinski definition) is 2. The zero-order valence-electron chi connectivity index (χ0n) is 11.5. The first kappa shape index (κ1) is 13.2. The maximum Gasteiger partial charge on any atom is 0.124 e. The highest BCUT2D eigenvalue weighted by Crippen LogP contribution is 2.38. The zero-order valence-corrected chi connectivity index (χ0v) is 13.9. The van der Waals surface area contributed by atoms with Gasteiger partial charge in [0.2, 0.25) is 0 Å². The summed E-state index contributed by atoms with van der Waals surface area (Å²) in [5.41, 5.74) is 5.16. The fourth-order valence-corrected chi connectivity index (χ4v) is 4.24. The van der Waals surface area contributed by atoms with Crippen molar-refractivity contribution in [3.8, 4) is 21.8 Å². The topological polar surface area (TPSA) is 12.9 Å². The summed E-state index contributed by atoms with van der Waals surface area (Å²) in [5, 5.41) is 1.13. The lowest BCUT2D eigenvalue weighted by Gasteiger charge is -2.03. The van der Waals surface area contributed by atoms with Gasteiger partial charge in [0.1, 0.15) is 5.01 Å². The Hall–Kier alpha value is -1.45. The lowest BCUT2D eigenvalue weighted by Crippen LogP contribution is -1.87. The number of halogens is 1. The molecule has 4 rings (SSSR count). The average Bonchev–Trinajstić information content (AvgIpc) is 2.85. The Balaban J connectivity index is 1.85. The molecular weight excluding hydrogens is 342 g/mol. The lowest BCUT2D eigenvalue weighted by atomic mass is 10.0. The number of thiazole rings is 1. The molecule has 0 unspecified atom stereocenters. The van der Waals surface area contributed by atoms with E-state index in [1.165, 1.54) is 33.7 Å². The molecule has 1 aliphatic rings. The smallest absolute Gasteiger partial charge is 0.124 e. The first-order valence-electron chi connectivity index (χ1n) is 7.15. The Morgan fingerprint density at radius 1 is 0.952 bits per heavy atom. The molecule has 1 nitrogen and oxygen atoms in total. The molecule has 0 saturated heterocycles. The van der Waals surface area contributed by atoms with Gasteiger partial charge in [-0.1, -0.05) is 52.3 Å². The Morgan fingerprint density at radius 3 is 2.62 bits per heavy atom. The summed E-state index contributed by atoms with van der Waals surface area (Å²) in [6.45, 7) is 0. The number of aromatic nitrogens is 1. The van der Waals surface area contributed by atoms with E-state index in [1.54, 1.807) is 0 Å². The SMILES string of the molecule is Brc1ccc(-c2nc3c(s2)CCCc2ccccc2-3)cc1. The summed E-state index contributed by atoms with van der Waals surface area (Å²) in [4.78, 5) is 6.38. The fourth-order valence-electron chi connectivity index (χ4n) is 2.86. The standard InChI is InChI=1S/C18H14BrNS/c19-14-10-8-13(9-11-14)18-20-17-15-6-2-1-4-12(15)5-3-7-16(17)21-18/h1-2,4,6,8-11H,3,5,7H2. The molecule has 0 atom stereocenters. The van der Waals surface area contributed by atoms with E-state index in [9.17, 15) is 0 Å². The number of benzene rings is 2. The molecule has 1 aromatic heterocycles. The lowest BCUT2D eigenvalue weighted by molar-refractivity contribution is 0.843. The second kappa shape index (κ2) is 5.39. The molecule has 21 heavy (non-hydrogen) atoms. The molecule has 0 radical (unpaired) electrons. The Labute approximate surface area is 136 Å². The van der Waals surface area contributed by atoms with Gasteiger partial charge in [0, 0.05) is 20.5 Å². The number of rotatable bonds is 1. The quantitative estimate of drug-likeness (QED) is 0.543. The van der Waals surface area contributed by atoms with Crippen LogP contribution in [0, 0.1) is 0 Å². The minimum Gasteiger partial charge on any atom is -0.236 e.